The molecule has 0 aromatic heterocycles. The summed E-state index contributed by atoms with van der Waals surface area (Å²) < 4.78 is 11.2. The molecular formula is C17H20N2O2. The van der Waals surface area contributed by atoms with Gasteiger partial charge in [-0.1, -0.05) is 6.07 Å². The van der Waals surface area contributed by atoms with Gasteiger partial charge in [0.2, 0.25) is 0 Å². The summed E-state index contributed by atoms with van der Waals surface area (Å²) in [7, 11) is 1.65. The number of rotatable bonds is 5. The summed E-state index contributed by atoms with van der Waals surface area (Å²) in [6.45, 7) is 4.54. The number of nitrogens with zero attached hydrogens (tertiary/aromatic N) is 1. The number of methoxy groups -OCH3 is 1. The van der Waals surface area contributed by atoms with Gasteiger partial charge >= 0.3 is 0 Å². The molecule has 0 aliphatic rings. The highest BCUT2D eigenvalue weighted by Crippen LogP contribution is 2.23. The SMILES string of the molecule is COc1ccc(C=NN)cc1COc1cc(C)cc(C)c1. The average Bonchev–Trinajstić information content (AvgIpc) is 2.45. The van der Waals surface area contributed by atoms with E-state index in [4.69, 9.17) is 15.3 Å². The lowest BCUT2D eigenvalue weighted by atomic mass is 10.1. The first-order valence-electron chi connectivity index (χ1n) is 6.73. The summed E-state index contributed by atoms with van der Waals surface area (Å²) in [6.07, 6.45) is 1.60. The molecule has 2 aromatic rings. The van der Waals surface area contributed by atoms with E-state index in [-0.39, 0.29) is 0 Å². The average molecular weight is 284 g/mol. The van der Waals surface area contributed by atoms with Crippen molar-refractivity contribution >= 4 is 6.21 Å². The number of nitrogens with two attached hydrogens (primary N) is 1. The van der Waals surface area contributed by atoms with Crippen LogP contribution in [0, 0.1) is 13.8 Å². The predicted molar refractivity (Wildman–Crippen MR) is 85.0 cm³/mol. The van der Waals surface area contributed by atoms with Crippen molar-refractivity contribution in [2.45, 2.75) is 20.5 Å². The number of benzene rings is 2. The molecule has 0 aliphatic carbocycles. The zero-order chi connectivity index (χ0) is 15.2. The van der Waals surface area contributed by atoms with E-state index in [1.165, 1.54) is 11.1 Å². The van der Waals surface area contributed by atoms with Crippen LogP contribution in [0.25, 0.3) is 0 Å². The van der Waals surface area contributed by atoms with E-state index in [9.17, 15) is 0 Å². The van der Waals surface area contributed by atoms with Gasteiger partial charge in [0.1, 0.15) is 18.1 Å². The predicted octanol–water partition coefficient (Wildman–Crippen LogP) is 3.18. The van der Waals surface area contributed by atoms with Crippen LogP contribution in [0.2, 0.25) is 0 Å². The van der Waals surface area contributed by atoms with Crippen LogP contribution in [0.5, 0.6) is 11.5 Å². The van der Waals surface area contributed by atoms with E-state index >= 15 is 0 Å². The van der Waals surface area contributed by atoms with E-state index in [1.54, 1.807) is 13.3 Å². The van der Waals surface area contributed by atoms with Gasteiger partial charge in [0.15, 0.2) is 0 Å². The molecule has 0 spiro atoms. The maximum atomic E-state index is 5.87. The first-order chi connectivity index (χ1) is 10.1. The molecule has 0 saturated heterocycles. The molecule has 0 aliphatic heterocycles. The zero-order valence-electron chi connectivity index (χ0n) is 12.6. The van der Waals surface area contributed by atoms with Crippen molar-refractivity contribution < 1.29 is 9.47 Å². The van der Waals surface area contributed by atoms with E-state index in [0.29, 0.717) is 6.61 Å². The van der Waals surface area contributed by atoms with Crippen molar-refractivity contribution in [3.63, 3.8) is 0 Å². The van der Waals surface area contributed by atoms with Crippen LogP contribution in [-0.4, -0.2) is 13.3 Å². The zero-order valence-corrected chi connectivity index (χ0v) is 12.6. The van der Waals surface area contributed by atoms with Crippen LogP contribution >= 0.6 is 0 Å². The topological polar surface area (TPSA) is 56.8 Å². The third kappa shape index (κ3) is 3.99. The minimum Gasteiger partial charge on any atom is -0.496 e. The third-order valence-corrected chi connectivity index (χ3v) is 3.12. The fraction of sp³-hybridized carbons (Fsp3) is 0.235. The highest BCUT2D eigenvalue weighted by atomic mass is 16.5. The number of hydrogen-bond donors (Lipinski definition) is 1. The summed E-state index contributed by atoms with van der Waals surface area (Å²) in [6, 6.07) is 11.9. The molecule has 0 fully saturated rings. The van der Waals surface area contributed by atoms with E-state index in [2.05, 4.69) is 25.0 Å². The van der Waals surface area contributed by atoms with Gasteiger partial charge in [0.05, 0.1) is 13.3 Å². The van der Waals surface area contributed by atoms with Gasteiger partial charge in [0, 0.05) is 5.56 Å². The van der Waals surface area contributed by atoms with Crippen molar-refractivity contribution in [2.75, 3.05) is 7.11 Å². The van der Waals surface area contributed by atoms with Crippen molar-refractivity contribution in [3.05, 3.63) is 58.7 Å². The minimum absolute atomic E-state index is 0.429. The Morgan fingerprint density at radius 3 is 2.43 bits per heavy atom. The molecule has 110 valence electrons. The summed E-state index contributed by atoms with van der Waals surface area (Å²) >= 11 is 0. The quantitative estimate of drug-likeness (QED) is 0.521. The lowest BCUT2D eigenvalue weighted by Gasteiger charge is -2.12. The first-order valence-corrected chi connectivity index (χ1v) is 6.73. The molecule has 21 heavy (non-hydrogen) atoms. The molecule has 0 atom stereocenters. The summed E-state index contributed by atoms with van der Waals surface area (Å²) in [4.78, 5) is 0. The Morgan fingerprint density at radius 2 is 1.81 bits per heavy atom. The van der Waals surface area contributed by atoms with E-state index in [1.807, 2.05) is 30.3 Å². The lowest BCUT2D eigenvalue weighted by molar-refractivity contribution is 0.296. The maximum absolute atomic E-state index is 5.87. The second-order valence-corrected chi connectivity index (χ2v) is 4.96. The third-order valence-electron chi connectivity index (χ3n) is 3.12. The van der Waals surface area contributed by atoms with Crippen LogP contribution in [-0.2, 0) is 6.61 Å². The van der Waals surface area contributed by atoms with Crippen molar-refractivity contribution in [3.8, 4) is 11.5 Å². The molecule has 0 saturated carbocycles. The molecule has 2 aromatic carbocycles. The van der Waals surface area contributed by atoms with Crippen molar-refractivity contribution in [2.24, 2.45) is 10.9 Å². The number of aryl methyl sites for hydroxylation is 2. The van der Waals surface area contributed by atoms with Crippen LogP contribution < -0.4 is 15.3 Å². The summed E-state index contributed by atoms with van der Waals surface area (Å²) in [5.41, 5.74) is 4.23. The standard InChI is InChI=1S/C17H20N2O2/c1-12-6-13(2)8-16(7-12)21-11-15-9-14(10-19-18)4-5-17(15)20-3/h4-10H,11,18H2,1-3H3. The van der Waals surface area contributed by atoms with Crippen LogP contribution in [0.3, 0.4) is 0 Å². The van der Waals surface area contributed by atoms with Gasteiger partial charge < -0.3 is 15.3 Å². The normalized spacial score (nSPS) is 10.8. The second kappa shape index (κ2) is 6.79. The van der Waals surface area contributed by atoms with E-state index in [0.717, 1.165) is 22.6 Å². The molecule has 0 bridgehead atoms. The highest BCUT2D eigenvalue weighted by molar-refractivity contribution is 5.80. The van der Waals surface area contributed by atoms with Crippen molar-refractivity contribution in [1.82, 2.24) is 0 Å². The van der Waals surface area contributed by atoms with Gasteiger partial charge in [-0.3, -0.25) is 0 Å². The van der Waals surface area contributed by atoms with Crippen LogP contribution in [0.15, 0.2) is 41.5 Å². The minimum atomic E-state index is 0.429. The Hall–Kier alpha value is -2.49. The molecule has 4 nitrogen and oxygen atoms in total. The van der Waals surface area contributed by atoms with Crippen LogP contribution in [0.4, 0.5) is 0 Å². The molecule has 0 amide bonds. The van der Waals surface area contributed by atoms with Gasteiger partial charge in [-0.05, 0) is 60.9 Å². The molecule has 0 unspecified atom stereocenters. The van der Waals surface area contributed by atoms with E-state index < -0.39 is 0 Å². The fourth-order valence-corrected chi connectivity index (χ4v) is 2.25. The lowest BCUT2D eigenvalue weighted by Crippen LogP contribution is -2.00. The summed E-state index contributed by atoms with van der Waals surface area (Å²) in [5.74, 6) is 6.83. The molecule has 0 heterocycles. The Kier molecular flexibility index (Phi) is 4.82. The summed E-state index contributed by atoms with van der Waals surface area (Å²) in [5, 5.41) is 3.54. The van der Waals surface area contributed by atoms with Gasteiger partial charge in [-0.2, -0.15) is 5.10 Å². The Labute approximate surface area is 125 Å². The Bertz CT molecular complexity index is 631. The number of hydrogen-bond acceptors (Lipinski definition) is 4. The van der Waals surface area contributed by atoms with Crippen LogP contribution in [0.1, 0.15) is 22.3 Å². The van der Waals surface area contributed by atoms with Gasteiger partial charge in [-0.25, -0.2) is 0 Å². The highest BCUT2D eigenvalue weighted by Gasteiger charge is 2.06. The second-order valence-electron chi connectivity index (χ2n) is 4.96. The number of hydrazone groups is 1. The number of ether oxygens (including phenoxy) is 2. The van der Waals surface area contributed by atoms with Gasteiger partial charge in [-0.15, -0.1) is 0 Å². The molecule has 4 heteroatoms. The monoisotopic (exact) mass is 284 g/mol. The molecule has 0 radical (unpaired) electrons. The molecular weight excluding hydrogens is 264 g/mol. The van der Waals surface area contributed by atoms with Crippen molar-refractivity contribution in [1.29, 1.82) is 0 Å². The Balaban J connectivity index is 2.19. The maximum Gasteiger partial charge on any atom is 0.125 e. The Morgan fingerprint density at radius 1 is 1.10 bits per heavy atom. The first kappa shape index (κ1) is 14.9. The van der Waals surface area contributed by atoms with Gasteiger partial charge in [0.25, 0.3) is 0 Å². The largest absolute Gasteiger partial charge is 0.496 e. The fourth-order valence-electron chi connectivity index (χ4n) is 2.25. The smallest absolute Gasteiger partial charge is 0.125 e. The molecule has 2 rings (SSSR count). The molecule has 2 N–H and O–H groups in total.